The molecule has 0 spiro atoms. The Hall–Kier alpha value is -1.61. The summed E-state index contributed by atoms with van der Waals surface area (Å²) in [6.45, 7) is 0.0295. The van der Waals surface area contributed by atoms with Gasteiger partial charge < -0.3 is 10.1 Å². The third kappa shape index (κ3) is 3.09. The maximum atomic E-state index is 12.4. The number of hydrogen-bond donors (Lipinski definition) is 2. The van der Waals surface area contributed by atoms with Gasteiger partial charge in [0.15, 0.2) is 6.61 Å². The molecule has 0 saturated carbocycles. The van der Waals surface area contributed by atoms with Crippen LogP contribution in [0, 0.1) is 0 Å². The topological polar surface area (TPSA) is 84.5 Å². The first-order valence-corrected chi connectivity index (χ1v) is 8.98. The Morgan fingerprint density at radius 2 is 2.23 bits per heavy atom. The van der Waals surface area contributed by atoms with Crippen LogP contribution in [-0.2, 0) is 21.4 Å². The summed E-state index contributed by atoms with van der Waals surface area (Å²) < 4.78 is 32.4. The normalized spacial score (nSPS) is 14.1. The Kier molecular flexibility index (Phi) is 4.09. The van der Waals surface area contributed by atoms with Gasteiger partial charge in [-0.15, -0.1) is 11.3 Å². The van der Waals surface area contributed by atoms with Crippen molar-refractivity contribution in [3.8, 4) is 5.75 Å². The Morgan fingerprint density at radius 3 is 2.95 bits per heavy atom. The Labute approximate surface area is 136 Å². The van der Waals surface area contributed by atoms with E-state index in [1.54, 1.807) is 0 Å². The average molecular weight is 359 g/mol. The number of ether oxygens (including phenoxy) is 1. The van der Waals surface area contributed by atoms with Crippen LogP contribution in [0.4, 0.5) is 5.69 Å². The van der Waals surface area contributed by atoms with Crippen molar-refractivity contribution in [2.75, 3.05) is 11.9 Å². The Balaban J connectivity index is 1.88. The monoisotopic (exact) mass is 358 g/mol. The molecule has 0 saturated heterocycles. The molecule has 1 aromatic carbocycles. The number of nitrogens with one attached hydrogen (secondary N) is 2. The lowest BCUT2D eigenvalue weighted by atomic mass is 10.2. The lowest BCUT2D eigenvalue weighted by Gasteiger charge is -2.19. The van der Waals surface area contributed by atoms with E-state index in [1.807, 2.05) is 17.5 Å². The van der Waals surface area contributed by atoms with Crippen LogP contribution in [0.2, 0.25) is 5.02 Å². The molecule has 0 atom stereocenters. The minimum absolute atomic E-state index is 0.0169. The lowest BCUT2D eigenvalue weighted by Crippen LogP contribution is -2.27. The number of carbonyl (C=O) groups is 1. The molecule has 1 amide bonds. The molecule has 1 aliphatic rings. The van der Waals surface area contributed by atoms with Gasteiger partial charge in [0.25, 0.3) is 5.91 Å². The van der Waals surface area contributed by atoms with E-state index in [0.717, 1.165) is 4.88 Å². The summed E-state index contributed by atoms with van der Waals surface area (Å²) in [4.78, 5) is 12.1. The number of benzene rings is 1. The van der Waals surface area contributed by atoms with Crippen LogP contribution in [0.15, 0.2) is 34.5 Å². The molecule has 6 nitrogen and oxygen atoms in total. The average Bonchev–Trinajstić information content (AvgIpc) is 2.97. The molecule has 0 fully saturated rings. The van der Waals surface area contributed by atoms with Crippen LogP contribution in [0.5, 0.6) is 5.75 Å². The van der Waals surface area contributed by atoms with E-state index in [4.69, 9.17) is 16.3 Å². The quantitative estimate of drug-likeness (QED) is 0.877. The molecule has 1 aliphatic heterocycles. The van der Waals surface area contributed by atoms with Gasteiger partial charge in [-0.1, -0.05) is 17.7 Å². The number of rotatable bonds is 4. The highest BCUT2D eigenvalue weighted by Gasteiger charge is 2.24. The molecule has 0 unspecified atom stereocenters. The molecular weight excluding hydrogens is 348 g/mol. The third-order valence-electron chi connectivity index (χ3n) is 2.97. The van der Waals surface area contributed by atoms with Gasteiger partial charge in [0.2, 0.25) is 10.0 Å². The highest BCUT2D eigenvalue weighted by molar-refractivity contribution is 7.89. The molecular formula is C13H11ClN2O4S2. The van der Waals surface area contributed by atoms with Gasteiger partial charge in [-0.3, -0.25) is 4.79 Å². The zero-order chi connectivity index (χ0) is 15.7. The standard InChI is InChI=1S/C13H11ClN2O4S2/c14-9-4-10-11(20-7-13(17)16-10)5-12(9)22(18,19)15-6-8-2-1-3-21-8/h1-5,15H,6-7H2,(H,16,17). The fraction of sp³-hybridized carbons (Fsp3) is 0.154. The van der Waals surface area contributed by atoms with Crippen molar-refractivity contribution in [3.63, 3.8) is 0 Å². The van der Waals surface area contributed by atoms with E-state index >= 15 is 0 Å². The fourth-order valence-corrected chi connectivity index (χ4v) is 4.23. The van der Waals surface area contributed by atoms with Crippen LogP contribution < -0.4 is 14.8 Å². The highest BCUT2D eigenvalue weighted by Crippen LogP contribution is 2.35. The number of thiophene rings is 1. The highest BCUT2D eigenvalue weighted by atomic mass is 35.5. The van der Waals surface area contributed by atoms with E-state index in [0.29, 0.717) is 5.69 Å². The molecule has 116 valence electrons. The van der Waals surface area contributed by atoms with Gasteiger partial charge >= 0.3 is 0 Å². The van der Waals surface area contributed by atoms with Crippen molar-refractivity contribution in [2.24, 2.45) is 0 Å². The maximum absolute atomic E-state index is 12.4. The largest absolute Gasteiger partial charge is 0.482 e. The summed E-state index contributed by atoms with van der Waals surface area (Å²) in [6, 6.07) is 6.36. The van der Waals surface area contributed by atoms with Crippen LogP contribution in [-0.4, -0.2) is 20.9 Å². The van der Waals surface area contributed by atoms with E-state index in [-0.39, 0.29) is 34.7 Å². The first kappa shape index (κ1) is 15.3. The molecule has 22 heavy (non-hydrogen) atoms. The number of fused-ring (bicyclic) bond motifs is 1. The second-order valence-electron chi connectivity index (χ2n) is 4.52. The van der Waals surface area contributed by atoms with E-state index in [9.17, 15) is 13.2 Å². The number of anilines is 1. The number of sulfonamides is 1. The molecule has 3 rings (SSSR count). The zero-order valence-corrected chi connectivity index (χ0v) is 13.5. The molecule has 2 N–H and O–H groups in total. The SMILES string of the molecule is O=C1COc2cc(S(=O)(=O)NCc3cccs3)c(Cl)cc2N1. The van der Waals surface area contributed by atoms with E-state index < -0.39 is 10.0 Å². The van der Waals surface area contributed by atoms with Gasteiger partial charge in [0, 0.05) is 17.5 Å². The van der Waals surface area contributed by atoms with Gasteiger partial charge in [-0.25, -0.2) is 13.1 Å². The third-order valence-corrected chi connectivity index (χ3v) is 5.72. The minimum atomic E-state index is -3.78. The molecule has 9 heteroatoms. The predicted octanol–water partition coefficient (Wildman–Crippen LogP) is 2.21. The number of amides is 1. The summed E-state index contributed by atoms with van der Waals surface area (Å²) in [5.74, 6) is -0.0320. The summed E-state index contributed by atoms with van der Waals surface area (Å²) in [7, 11) is -3.78. The van der Waals surface area contributed by atoms with Gasteiger partial charge in [-0.2, -0.15) is 0 Å². The van der Waals surface area contributed by atoms with E-state index in [2.05, 4.69) is 10.0 Å². The van der Waals surface area contributed by atoms with Crippen molar-refractivity contribution in [1.29, 1.82) is 0 Å². The van der Waals surface area contributed by atoms with Crippen LogP contribution in [0.1, 0.15) is 4.88 Å². The van der Waals surface area contributed by atoms with Crippen molar-refractivity contribution in [2.45, 2.75) is 11.4 Å². The second kappa shape index (κ2) is 5.88. The molecule has 2 aromatic rings. The summed E-state index contributed by atoms with van der Waals surface area (Å²) in [6.07, 6.45) is 0. The minimum Gasteiger partial charge on any atom is -0.482 e. The van der Waals surface area contributed by atoms with Crippen LogP contribution >= 0.6 is 22.9 Å². The number of carbonyl (C=O) groups excluding carboxylic acids is 1. The Morgan fingerprint density at radius 1 is 1.41 bits per heavy atom. The molecule has 0 bridgehead atoms. The van der Waals surface area contributed by atoms with Crippen molar-refractivity contribution in [1.82, 2.24) is 4.72 Å². The Bertz CT molecular complexity index is 819. The number of hydrogen-bond acceptors (Lipinski definition) is 5. The zero-order valence-electron chi connectivity index (χ0n) is 11.1. The van der Waals surface area contributed by atoms with Crippen molar-refractivity contribution in [3.05, 3.63) is 39.5 Å². The molecule has 0 radical (unpaired) electrons. The smallest absolute Gasteiger partial charge is 0.262 e. The molecule has 1 aromatic heterocycles. The predicted molar refractivity (Wildman–Crippen MR) is 83.9 cm³/mol. The summed E-state index contributed by atoms with van der Waals surface area (Å²) >= 11 is 7.48. The lowest BCUT2D eigenvalue weighted by molar-refractivity contribution is -0.118. The number of halogens is 1. The van der Waals surface area contributed by atoms with Gasteiger partial charge in [-0.05, 0) is 17.5 Å². The first-order chi connectivity index (χ1) is 10.5. The molecule has 2 heterocycles. The first-order valence-electron chi connectivity index (χ1n) is 6.24. The van der Waals surface area contributed by atoms with E-state index in [1.165, 1.54) is 23.5 Å². The van der Waals surface area contributed by atoms with Crippen LogP contribution in [0.3, 0.4) is 0 Å². The molecule has 0 aliphatic carbocycles. The van der Waals surface area contributed by atoms with Gasteiger partial charge in [0.1, 0.15) is 10.6 Å². The van der Waals surface area contributed by atoms with Crippen molar-refractivity contribution < 1.29 is 17.9 Å². The fourth-order valence-electron chi connectivity index (χ4n) is 1.94. The van der Waals surface area contributed by atoms with Crippen molar-refractivity contribution >= 4 is 44.6 Å². The summed E-state index contributed by atoms with van der Waals surface area (Å²) in [5, 5.41) is 4.46. The summed E-state index contributed by atoms with van der Waals surface area (Å²) in [5.41, 5.74) is 0.360. The maximum Gasteiger partial charge on any atom is 0.262 e. The van der Waals surface area contributed by atoms with Gasteiger partial charge in [0.05, 0.1) is 10.7 Å². The van der Waals surface area contributed by atoms with Crippen LogP contribution in [0.25, 0.3) is 0 Å². The second-order valence-corrected chi connectivity index (χ2v) is 7.69.